The summed E-state index contributed by atoms with van der Waals surface area (Å²) in [6.45, 7) is 1.72. The van der Waals surface area contributed by atoms with E-state index in [0.29, 0.717) is 26.7 Å². The summed E-state index contributed by atoms with van der Waals surface area (Å²) in [7, 11) is 0. The van der Waals surface area contributed by atoms with Gasteiger partial charge in [-0.25, -0.2) is 4.68 Å². The first-order chi connectivity index (χ1) is 14.6. The first-order valence-corrected chi connectivity index (χ1v) is 11.0. The summed E-state index contributed by atoms with van der Waals surface area (Å²) >= 11 is 12.5. The molecule has 0 radical (unpaired) electrons. The Morgan fingerprint density at radius 1 is 1.32 bits per heavy atom. The molecule has 164 valence electrons. The van der Waals surface area contributed by atoms with Crippen LogP contribution in [0.3, 0.4) is 0 Å². The molecular formula is C19H14Br2ClF3N4O2. The van der Waals surface area contributed by atoms with Crippen LogP contribution in [0.5, 0.6) is 0 Å². The van der Waals surface area contributed by atoms with Gasteiger partial charge in [-0.1, -0.05) is 17.7 Å². The van der Waals surface area contributed by atoms with Gasteiger partial charge in [0.05, 0.1) is 10.5 Å². The van der Waals surface area contributed by atoms with Crippen LogP contribution in [0.2, 0.25) is 5.02 Å². The number of hydrogen-bond acceptors (Lipinski definition) is 4. The average Bonchev–Trinajstić information content (AvgIpc) is 3.27. The van der Waals surface area contributed by atoms with Gasteiger partial charge < -0.3 is 15.1 Å². The fraction of sp³-hybridized carbons (Fsp3) is 0.263. The summed E-state index contributed by atoms with van der Waals surface area (Å²) in [5.74, 6) is -0.292. The van der Waals surface area contributed by atoms with Gasteiger partial charge in [0.2, 0.25) is 0 Å². The number of fused-ring (bicyclic) bond motifs is 1. The molecule has 1 aliphatic rings. The fourth-order valence-electron chi connectivity index (χ4n) is 3.36. The number of aromatic nitrogens is 2. The second-order valence-electron chi connectivity index (χ2n) is 6.95. The van der Waals surface area contributed by atoms with Gasteiger partial charge >= 0.3 is 6.18 Å². The van der Waals surface area contributed by atoms with Crippen LogP contribution >= 0.6 is 43.5 Å². The molecule has 4 rings (SSSR count). The van der Waals surface area contributed by atoms with Gasteiger partial charge in [-0.2, -0.15) is 18.3 Å². The van der Waals surface area contributed by atoms with Crippen molar-refractivity contribution in [1.29, 1.82) is 0 Å². The van der Waals surface area contributed by atoms with Gasteiger partial charge in [0.25, 0.3) is 5.91 Å². The monoisotopic (exact) mass is 580 g/mol. The number of halogens is 6. The van der Waals surface area contributed by atoms with E-state index < -0.39 is 24.2 Å². The predicted molar refractivity (Wildman–Crippen MR) is 117 cm³/mol. The van der Waals surface area contributed by atoms with Crippen molar-refractivity contribution < 1.29 is 22.4 Å². The highest BCUT2D eigenvalue weighted by Crippen LogP contribution is 2.46. The molecular weight excluding hydrogens is 568 g/mol. The molecule has 6 nitrogen and oxygen atoms in total. The van der Waals surface area contributed by atoms with Crippen molar-refractivity contribution >= 4 is 60.9 Å². The minimum Gasteiger partial charge on any atom is -0.452 e. The molecule has 0 unspecified atom stereocenters. The maximum absolute atomic E-state index is 13.8. The van der Waals surface area contributed by atoms with Crippen molar-refractivity contribution in [2.24, 2.45) is 0 Å². The number of carbonyl (C=O) groups excluding carboxylic acids is 1. The Bertz CT molecular complexity index is 1160. The van der Waals surface area contributed by atoms with Gasteiger partial charge in [0, 0.05) is 17.1 Å². The molecule has 12 heteroatoms. The van der Waals surface area contributed by atoms with Crippen molar-refractivity contribution in [2.75, 3.05) is 10.6 Å². The van der Waals surface area contributed by atoms with Crippen molar-refractivity contribution in [3.05, 3.63) is 61.5 Å². The van der Waals surface area contributed by atoms with E-state index in [1.54, 1.807) is 37.3 Å². The Morgan fingerprint density at radius 3 is 2.71 bits per heavy atom. The topological polar surface area (TPSA) is 72.1 Å². The summed E-state index contributed by atoms with van der Waals surface area (Å²) in [6.07, 6.45) is -4.93. The molecule has 0 fully saturated rings. The lowest BCUT2D eigenvalue weighted by Gasteiger charge is -2.32. The number of amides is 1. The van der Waals surface area contributed by atoms with Gasteiger partial charge in [-0.05, 0) is 68.6 Å². The van der Waals surface area contributed by atoms with Crippen molar-refractivity contribution in [3.8, 4) is 0 Å². The van der Waals surface area contributed by atoms with Crippen molar-refractivity contribution in [2.45, 2.75) is 31.6 Å². The Morgan fingerprint density at radius 2 is 2.06 bits per heavy atom. The number of hydrogen-bond donors (Lipinski definition) is 2. The third-order valence-corrected chi connectivity index (χ3v) is 6.55. The number of furan rings is 1. The van der Waals surface area contributed by atoms with Crippen LogP contribution in [0.1, 0.15) is 40.3 Å². The lowest BCUT2D eigenvalue weighted by Crippen LogP contribution is -2.35. The number of rotatable bonds is 3. The molecule has 2 atom stereocenters. The molecule has 1 aromatic carbocycles. The molecule has 3 heterocycles. The molecule has 0 saturated heterocycles. The third-order valence-electron chi connectivity index (χ3n) is 4.96. The fourth-order valence-corrected chi connectivity index (χ4v) is 4.41. The van der Waals surface area contributed by atoms with E-state index in [9.17, 15) is 18.0 Å². The van der Waals surface area contributed by atoms with Crippen LogP contribution in [-0.4, -0.2) is 21.9 Å². The summed E-state index contributed by atoms with van der Waals surface area (Å²) in [6, 6.07) is 5.46. The Kier molecular flexibility index (Phi) is 5.86. The first kappa shape index (κ1) is 22.2. The summed E-state index contributed by atoms with van der Waals surface area (Å²) in [5, 5.41) is 10.1. The SMILES string of the molecule is Cc1c(Cl)cccc1NC(=O)c1nn2c(c1Br)N[C@@H](c1ccc(Br)o1)C[C@H]2C(F)(F)F. The standard InChI is InChI=1S/C19H14Br2ClF3N4O2/c1-8-9(22)3-2-4-10(8)27-18(30)16-15(21)17-26-11(12-5-6-14(20)31-12)7-13(19(23,24)25)29(17)28-16/h2-6,11,13,26H,7H2,1H3,(H,27,30)/t11-,13+/m1/s1. The zero-order chi connectivity index (χ0) is 22.5. The largest absolute Gasteiger partial charge is 0.452 e. The van der Waals surface area contributed by atoms with Crippen molar-refractivity contribution in [3.63, 3.8) is 0 Å². The number of anilines is 2. The van der Waals surface area contributed by atoms with E-state index in [0.717, 1.165) is 4.68 Å². The second kappa shape index (κ2) is 8.18. The molecule has 2 N–H and O–H groups in total. The second-order valence-corrected chi connectivity index (χ2v) is 8.94. The Labute approximate surface area is 196 Å². The van der Waals surface area contributed by atoms with Gasteiger partial charge in [-0.3, -0.25) is 4.79 Å². The van der Waals surface area contributed by atoms with Crippen LogP contribution < -0.4 is 10.6 Å². The molecule has 1 aliphatic heterocycles. The molecule has 0 aliphatic carbocycles. The summed E-state index contributed by atoms with van der Waals surface area (Å²) < 4.78 is 48.3. The predicted octanol–water partition coefficient (Wildman–Crippen LogP) is 6.88. The van der Waals surface area contributed by atoms with Crippen LogP contribution in [0, 0.1) is 6.92 Å². The lowest BCUT2D eigenvalue weighted by molar-refractivity contribution is -0.174. The number of nitrogens with zero attached hydrogens (tertiary/aromatic N) is 2. The van der Waals surface area contributed by atoms with E-state index in [1.807, 2.05) is 0 Å². The average molecular weight is 583 g/mol. The molecule has 0 bridgehead atoms. The Hall–Kier alpha value is -1.98. The number of alkyl halides is 3. The minimum atomic E-state index is -4.58. The van der Waals surface area contributed by atoms with Crippen LogP contribution in [0.25, 0.3) is 0 Å². The normalized spacial score (nSPS) is 18.4. The zero-order valence-corrected chi connectivity index (χ0v) is 19.7. The zero-order valence-electron chi connectivity index (χ0n) is 15.7. The highest BCUT2D eigenvalue weighted by atomic mass is 79.9. The molecule has 3 aromatic rings. The molecule has 31 heavy (non-hydrogen) atoms. The van der Waals surface area contributed by atoms with E-state index in [4.69, 9.17) is 16.0 Å². The van der Waals surface area contributed by atoms with E-state index in [2.05, 4.69) is 47.6 Å². The van der Waals surface area contributed by atoms with Gasteiger partial charge in [0.1, 0.15) is 11.6 Å². The highest BCUT2D eigenvalue weighted by molar-refractivity contribution is 9.10. The van der Waals surface area contributed by atoms with Crippen LogP contribution in [0.15, 0.2) is 43.9 Å². The number of nitrogens with one attached hydrogen (secondary N) is 2. The van der Waals surface area contributed by atoms with E-state index in [1.165, 1.54) is 0 Å². The van der Waals surface area contributed by atoms with Gasteiger partial charge in [-0.15, -0.1) is 0 Å². The van der Waals surface area contributed by atoms with E-state index >= 15 is 0 Å². The minimum absolute atomic E-state index is 0.0408. The third kappa shape index (κ3) is 4.22. The number of carbonyl (C=O) groups is 1. The van der Waals surface area contributed by atoms with Crippen LogP contribution in [-0.2, 0) is 0 Å². The molecule has 0 spiro atoms. The maximum Gasteiger partial charge on any atom is 0.410 e. The van der Waals surface area contributed by atoms with Crippen LogP contribution in [0.4, 0.5) is 24.7 Å². The Balaban J connectivity index is 1.71. The molecule has 0 saturated carbocycles. The maximum atomic E-state index is 13.8. The summed E-state index contributed by atoms with van der Waals surface area (Å²) in [4.78, 5) is 12.8. The van der Waals surface area contributed by atoms with Crippen molar-refractivity contribution in [1.82, 2.24) is 9.78 Å². The van der Waals surface area contributed by atoms with Gasteiger partial charge in [0.15, 0.2) is 16.4 Å². The highest BCUT2D eigenvalue weighted by Gasteiger charge is 2.48. The number of benzene rings is 1. The molecule has 2 aromatic heterocycles. The summed E-state index contributed by atoms with van der Waals surface area (Å²) in [5.41, 5.74) is 0.888. The first-order valence-electron chi connectivity index (χ1n) is 8.99. The van der Waals surface area contributed by atoms with E-state index in [-0.39, 0.29) is 22.4 Å². The quantitative estimate of drug-likeness (QED) is 0.354. The smallest absolute Gasteiger partial charge is 0.410 e. The molecule has 1 amide bonds. The lowest BCUT2D eigenvalue weighted by atomic mass is 10.0.